The molecule has 1 fully saturated rings. The van der Waals surface area contributed by atoms with Crippen molar-refractivity contribution in [2.24, 2.45) is 0 Å². The lowest BCUT2D eigenvalue weighted by atomic mass is 9.91. The second-order valence-electron chi connectivity index (χ2n) is 11.3. The maximum absolute atomic E-state index is 9.90. The highest BCUT2D eigenvalue weighted by Crippen LogP contribution is 2.37. The zero-order valence-electron chi connectivity index (χ0n) is 24.3. The van der Waals surface area contributed by atoms with Gasteiger partial charge in [0.15, 0.2) is 17.1 Å². The number of nitriles is 1. The summed E-state index contributed by atoms with van der Waals surface area (Å²) < 4.78 is 7.84. The van der Waals surface area contributed by atoms with Crippen LogP contribution < -0.4 is 0 Å². The summed E-state index contributed by atoms with van der Waals surface area (Å²) in [7, 11) is 0. The Balaban J connectivity index is 1.26. The lowest BCUT2D eigenvalue weighted by Gasteiger charge is -2.15. The fraction of sp³-hybridized carbons (Fsp3) is 0.235. The molecular weight excluding hydrogens is 576 g/mol. The van der Waals surface area contributed by atoms with Gasteiger partial charge in [-0.15, -0.1) is 5.10 Å². The van der Waals surface area contributed by atoms with Crippen molar-refractivity contribution in [3.8, 4) is 40.0 Å². The average Bonchev–Trinajstić information content (AvgIpc) is 3.75. The van der Waals surface area contributed by atoms with Crippen LogP contribution in [0.2, 0.25) is 5.02 Å². The highest BCUT2D eigenvalue weighted by Gasteiger charge is 2.22. The zero-order valence-corrected chi connectivity index (χ0v) is 25.0. The fourth-order valence-electron chi connectivity index (χ4n) is 6.12. The quantitative estimate of drug-likeness (QED) is 0.235. The van der Waals surface area contributed by atoms with Crippen LogP contribution in [0, 0.1) is 25.2 Å². The predicted molar refractivity (Wildman–Crippen MR) is 168 cm³/mol. The Hall–Kier alpha value is -4.59. The summed E-state index contributed by atoms with van der Waals surface area (Å²) in [4.78, 5) is 11.7. The van der Waals surface area contributed by atoms with Gasteiger partial charge in [-0.3, -0.25) is 4.90 Å². The largest absolute Gasteiger partial charge is 0.435 e. The van der Waals surface area contributed by atoms with Crippen LogP contribution in [0.1, 0.15) is 34.2 Å². The van der Waals surface area contributed by atoms with Gasteiger partial charge in [0, 0.05) is 37.0 Å². The Labute approximate surface area is 258 Å². The summed E-state index contributed by atoms with van der Waals surface area (Å²) in [6.45, 7) is 6.09. The molecule has 7 rings (SSSR count). The van der Waals surface area contributed by atoms with Gasteiger partial charge < -0.3 is 14.6 Å². The first-order valence-electron chi connectivity index (χ1n) is 14.4. The van der Waals surface area contributed by atoms with Gasteiger partial charge in [-0.05, 0) is 77.9 Å². The SMILES string of the molecule is Cc1c(-c2nc3c(Cl)cc(CN4CCC(O)C4)cn3n2)cccc1-c1cccc(-c2nc3cc(CO)cc(C#N)c3o2)c1C. The molecule has 0 spiro atoms. The molecule has 3 aromatic carbocycles. The Morgan fingerprint density at radius 2 is 1.73 bits per heavy atom. The van der Waals surface area contributed by atoms with Crippen LogP contribution in [0.15, 0.2) is 65.2 Å². The van der Waals surface area contributed by atoms with E-state index in [2.05, 4.69) is 35.0 Å². The van der Waals surface area contributed by atoms with E-state index < -0.39 is 0 Å². The molecule has 6 aromatic rings. The molecule has 1 unspecified atom stereocenters. The van der Waals surface area contributed by atoms with E-state index in [1.807, 2.05) is 43.5 Å². The number of aliphatic hydroxyl groups excluding tert-OH is 2. The van der Waals surface area contributed by atoms with Crippen molar-refractivity contribution in [3.05, 3.63) is 93.6 Å². The van der Waals surface area contributed by atoms with Crippen LogP contribution in [0.4, 0.5) is 0 Å². The highest BCUT2D eigenvalue weighted by molar-refractivity contribution is 6.33. The molecule has 3 aromatic heterocycles. The molecule has 9 nitrogen and oxygen atoms in total. The first-order chi connectivity index (χ1) is 21.3. The maximum Gasteiger partial charge on any atom is 0.227 e. The van der Waals surface area contributed by atoms with Gasteiger partial charge in [-0.1, -0.05) is 41.9 Å². The zero-order chi connectivity index (χ0) is 30.5. The first-order valence-corrected chi connectivity index (χ1v) is 14.8. The van der Waals surface area contributed by atoms with Crippen molar-refractivity contribution in [1.29, 1.82) is 5.26 Å². The molecule has 1 atom stereocenters. The molecule has 4 heterocycles. The number of halogens is 1. The van der Waals surface area contributed by atoms with Crippen LogP contribution in [-0.2, 0) is 13.2 Å². The van der Waals surface area contributed by atoms with E-state index in [1.165, 1.54) is 0 Å². The normalized spacial score (nSPS) is 15.4. The highest BCUT2D eigenvalue weighted by atomic mass is 35.5. The summed E-state index contributed by atoms with van der Waals surface area (Å²) in [6, 6.07) is 19.5. The summed E-state index contributed by atoms with van der Waals surface area (Å²) >= 11 is 6.67. The third-order valence-corrected chi connectivity index (χ3v) is 8.66. The van der Waals surface area contributed by atoms with Crippen molar-refractivity contribution in [2.45, 2.75) is 39.5 Å². The lowest BCUT2D eigenvalue weighted by molar-refractivity contribution is 0.174. The Morgan fingerprint density at radius 3 is 2.43 bits per heavy atom. The molecule has 1 aliphatic heterocycles. The van der Waals surface area contributed by atoms with Gasteiger partial charge in [-0.2, -0.15) is 5.26 Å². The first kappa shape index (κ1) is 28.2. The molecule has 0 saturated carbocycles. The van der Waals surface area contributed by atoms with Gasteiger partial charge in [0.2, 0.25) is 5.89 Å². The van der Waals surface area contributed by atoms with E-state index in [0.29, 0.717) is 57.7 Å². The van der Waals surface area contributed by atoms with E-state index >= 15 is 0 Å². The second-order valence-corrected chi connectivity index (χ2v) is 11.7. The maximum atomic E-state index is 9.90. The van der Waals surface area contributed by atoms with Crippen LogP contribution in [0.5, 0.6) is 0 Å². The molecule has 0 radical (unpaired) electrons. The lowest BCUT2D eigenvalue weighted by Crippen LogP contribution is -2.21. The number of likely N-dealkylation sites (tertiary alicyclic amines) is 1. The number of benzene rings is 3. The second kappa shape index (κ2) is 11.2. The number of hydrogen-bond acceptors (Lipinski definition) is 8. The summed E-state index contributed by atoms with van der Waals surface area (Å²) in [6.07, 6.45) is 2.46. The molecule has 10 heteroatoms. The van der Waals surface area contributed by atoms with Crippen LogP contribution in [0.25, 0.3) is 50.7 Å². The predicted octanol–water partition coefficient (Wildman–Crippen LogP) is 6.07. The van der Waals surface area contributed by atoms with Crippen molar-refractivity contribution in [3.63, 3.8) is 0 Å². The van der Waals surface area contributed by atoms with Gasteiger partial charge in [0.05, 0.1) is 23.3 Å². The number of rotatable bonds is 6. The van der Waals surface area contributed by atoms with E-state index in [0.717, 1.165) is 51.9 Å². The topological polar surface area (TPSA) is 124 Å². The summed E-state index contributed by atoms with van der Waals surface area (Å²) in [5.74, 6) is 0.993. The minimum Gasteiger partial charge on any atom is -0.435 e. The standard InChI is InChI=1S/C34H29ClN6O3/c1-19-25(26-6-4-8-28(20(26)2)34-37-30-13-21(18-42)11-23(14-36)31(30)44-34)5-3-7-27(19)32-38-33-29(35)12-22(16-41(33)39-32)15-40-10-9-24(43)17-40/h3-8,11-13,16,24,42-43H,9-10,15,17-18H2,1-2H3. The molecule has 44 heavy (non-hydrogen) atoms. The van der Waals surface area contributed by atoms with Gasteiger partial charge >= 0.3 is 0 Å². The van der Waals surface area contributed by atoms with Crippen LogP contribution in [0.3, 0.4) is 0 Å². The van der Waals surface area contributed by atoms with E-state index in [1.54, 1.807) is 16.6 Å². The van der Waals surface area contributed by atoms with E-state index in [-0.39, 0.29) is 12.7 Å². The van der Waals surface area contributed by atoms with E-state index in [4.69, 9.17) is 26.1 Å². The number of aliphatic hydroxyl groups is 2. The van der Waals surface area contributed by atoms with Gasteiger partial charge in [0.25, 0.3) is 0 Å². The molecule has 220 valence electrons. The van der Waals surface area contributed by atoms with Crippen molar-refractivity contribution >= 4 is 28.3 Å². The van der Waals surface area contributed by atoms with Crippen LogP contribution in [-0.4, -0.2) is 53.9 Å². The van der Waals surface area contributed by atoms with Crippen molar-refractivity contribution in [2.75, 3.05) is 13.1 Å². The van der Waals surface area contributed by atoms with Crippen molar-refractivity contribution < 1.29 is 14.6 Å². The van der Waals surface area contributed by atoms with Gasteiger partial charge in [0.1, 0.15) is 11.6 Å². The molecule has 0 amide bonds. The number of oxazole rings is 1. The number of aromatic nitrogens is 4. The Bertz CT molecular complexity index is 2110. The van der Waals surface area contributed by atoms with E-state index in [9.17, 15) is 15.5 Å². The minimum absolute atomic E-state index is 0.185. The number of β-amino-alcohol motifs (C(OH)–C–C–N with tert-alkyl or cyclic N) is 1. The van der Waals surface area contributed by atoms with Crippen LogP contribution >= 0.6 is 11.6 Å². The van der Waals surface area contributed by atoms with Gasteiger partial charge in [-0.25, -0.2) is 14.5 Å². The Kier molecular flexibility index (Phi) is 7.15. The molecule has 1 saturated heterocycles. The minimum atomic E-state index is -0.279. The average molecular weight is 605 g/mol. The third-order valence-electron chi connectivity index (χ3n) is 8.38. The van der Waals surface area contributed by atoms with Crippen molar-refractivity contribution in [1.82, 2.24) is 24.5 Å². The number of pyridine rings is 1. The third kappa shape index (κ3) is 4.92. The number of hydrogen-bond donors (Lipinski definition) is 2. The molecule has 0 aliphatic carbocycles. The Morgan fingerprint density at radius 1 is 1.00 bits per heavy atom. The molecule has 1 aliphatic rings. The monoisotopic (exact) mass is 604 g/mol. The molecule has 0 bridgehead atoms. The number of fused-ring (bicyclic) bond motifs is 2. The molecule has 2 N–H and O–H groups in total. The smallest absolute Gasteiger partial charge is 0.227 e. The fourth-order valence-corrected chi connectivity index (χ4v) is 6.39. The summed E-state index contributed by atoms with van der Waals surface area (Å²) in [5.41, 5.74) is 9.22. The summed E-state index contributed by atoms with van der Waals surface area (Å²) in [5, 5.41) is 34.5. The molecular formula is C34H29ClN6O3. The number of nitrogens with zero attached hydrogens (tertiary/aromatic N) is 6.